The molecular formula is C94H108Br2F21NO16S. The molecule has 4 unspecified atom stereocenters. The summed E-state index contributed by atoms with van der Waals surface area (Å²) in [5.41, 5.74) is -5.21. The van der Waals surface area contributed by atoms with E-state index in [2.05, 4.69) is 40.9 Å². The van der Waals surface area contributed by atoms with Crippen LogP contribution < -0.4 is 28.4 Å². The number of carbonyl (C=O) groups excluding carboxylic acids is 1. The quantitative estimate of drug-likeness (QED) is 0.0139. The van der Waals surface area contributed by atoms with Gasteiger partial charge in [-0.15, -0.1) is 0 Å². The number of carbonyl (C=O) groups is 1. The molecule has 0 aromatic heterocycles. The van der Waals surface area contributed by atoms with E-state index in [0.717, 1.165) is 158 Å². The number of halogens is 23. The molecule has 1 heterocycles. The van der Waals surface area contributed by atoms with Gasteiger partial charge < -0.3 is 64.0 Å². The molecule has 6 saturated carbocycles. The fourth-order valence-corrected chi connectivity index (χ4v) is 14.1. The van der Waals surface area contributed by atoms with Gasteiger partial charge in [0.05, 0.1) is 113 Å². The van der Waals surface area contributed by atoms with Gasteiger partial charge in [-0.2, -0.15) is 101 Å². The second-order valence-corrected chi connectivity index (χ2v) is 37.8. The fraction of sp³-hybridized carbons (Fsp3) is 0.543. The number of rotatable bonds is 30. The summed E-state index contributed by atoms with van der Waals surface area (Å²) in [6.07, 6.45) is -22.6. The largest absolute Gasteiger partial charge is 0.507 e. The molecule has 0 spiro atoms. The van der Waals surface area contributed by atoms with Crippen LogP contribution in [0.3, 0.4) is 0 Å². The van der Waals surface area contributed by atoms with E-state index in [9.17, 15) is 126 Å². The van der Waals surface area contributed by atoms with E-state index in [1.54, 1.807) is 26.0 Å². The number of benzene rings is 7. The number of aromatic hydroxyl groups is 1. The van der Waals surface area contributed by atoms with Crippen molar-refractivity contribution in [1.29, 1.82) is 0 Å². The van der Waals surface area contributed by atoms with Gasteiger partial charge in [-0.05, 0) is 247 Å². The van der Waals surface area contributed by atoms with Crippen molar-refractivity contribution in [2.45, 2.75) is 255 Å². The Kier molecular flexibility index (Phi) is 39.7. The summed E-state index contributed by atoms with van der Waals surface area (Å²) in [5.74, 6) is -3.77. The van der Waals surface area contributed by atoms with Crippen molar-refractivity contribution in [2.24, 2.45) is 29.6 Å². The van der Waals surface area contributed by atoms with E-state index in [-0.39, 0.29) is 135 Å². The molecule has 9 atom stereocenters. The molecule has 1 saturated heterocycles. The van der Waals surface area contributed by atoms with Crippen LogP contribution in [0.2, 0.25) is 0 Å². The van der Waals surface area contributed by atoms with Crippen molar-refractivity contribution >= 4 is 47.8 Å². The first kappa shape index (κ1) is 112. The van der Waals surface area contributed by atoms with Gasteiger partial charge in [-0.3, -0.25) is 8.98 Å². The van der Waals surface area contributed by atoms with Crippen LogP contribution in [0, 0.1) is 29.6 Å². The number of phenolic OH excluding ortho intramolecular Hbond substituents is 1. The normalized spacial score (nSPS) is 18.0. The molecule has 7 aromatic rings. The van der Waals surface area contributed by atoms with E-state index < -0.39 is 134 Å². The number of alkyl halides is 21. The van der Waals surface area contributed by atoms with Crippen LogP contribution in [-0.2, 0) is 57.5 Å². The molecule has 41 heteroatoms. The van der Waals surface area contributed by atoms with Crippen molar-refractivity contribution in [1.82, 2.24) is 4.90 Å². The lowest BCUT2D eigenvalue weighted by atomic mass is 9.94. The zero-order valence-corrected chi connectivity index (χ0v) is 78.4. The lowest BCUT2D eigenvalue weighted by molar-refractivity contribution is -0.140. The van der Waals surface area contributed by atoms with Crippen molar-refractivity contribution in [3.8, 4) is 40.2 Å². The van der Waals surface area contributed by atoms with Crippen LogP contribution >= 0.6 is 31.9 Å². The average molecular weight is 2100 g/mol. The second-order valence-electron chi connectivity index (χ2n) is 34.4. The molecule has 6 N–H and O–H groups in total. The van der Waals surface area contributed by atoms with Crippen LogP contribution in [0.4, 0.5) is 92.2 Å². The first-order valence-electron chi connectivity index (χ1n) is 43.6. The second kappa shape index (κ2) is 47.8. The highest BCUT2D eigenvalue weighted by Crippen LogP contribution is 2.49. The zero-order valence-electron chi connectivity index (χ0n) is 74.4. The van der Waals surface area contributed by atoms with Gasteiger partial charge in [0.15, 0.2) is 5.78 Å². The van der Waals surface area contributed by atoms with Gasteiger partial charge in [0.25, 0.3) is 10.1 Å². The number of aliphatic hydroxyl groups is 5. The smallest absolute Gasteiger partial charge is 0.420 e. The predicted molar refractivity (Wildman–Crippen MR) is 463 cm³/mol. The lowest BCUT2D eigenvalue weighted by Crippen LogP contribution is -2.28. The maximum absolute atomic E-state index is 13.3. The van der Waals surface area contributed by atoms with E-state index in [1.165, 1.54) is 73.7 Å². The minimum absolute atomic E-state index is 0.0232. The number of Topliss-reactive ketones (excluding diaryl/α,β-unsaturated/α-hetero) is 1. The molecule has 135 heavy (non-hydrogen) atoms. The third-order valence-electron chi connectivity index (χ3n) is 22.0. The number of hydrogen-bond donors (Lipinski definition) is 6. The van der Waals surface area contributed by atoms with Gasteiger partial charge in [0, 0.05) is 45.4 Å². The Morgan fingerprint density at radius 2 is 0.644 bits per heavy atom. The molecule has 1 aliphatic heterocycles. The summed E-state index contributed by atoms with van der Waals surface area (Å²) >= 11 is 5.89. The minimum Gasteiger partial charge on any atom is -0.507 e. The molecule has 0 radical (unpaired) electrons. The summed E-state index contributed by atoms with van der Waals surface area (Å²) in [7, 11) is -3.69. The summed E-state index contributed by atoms with van der Waals surface area (Å²) in [6, 6.07) is 25.4. The maximum Gasteiger partial charge on any atom is 0.420 e. The fourth-order valence-electron chi connectivity index (χ4n) is 12.9. The number of likely N-dealkylation sites (tertiary alicyclic amines) is 1. The van der Waals surface area contributed by atoms with Gasteiger partial charge >= 0.3 is 43.2 Å². The average Bonchev–Trinajstić information content (AvgIpc) is 1.72. The molecule has 6 aliphatic carbocycles. The summed E-state index contributed by atoms with van der Waals surface area (Å²) in [6.45, 7) is 14.2. The number of hydrogen-bond acceptors (Lipinski definition) is 17. The summed E-state index contributed by atoms with van der Waals surface area (Å²) < 4.78 is 330. The van der Waals surface area contributed by atoms with Crippen molar-refractivity contribution < 1.29 is 169 Å². The molecule has 752 valence electrons. The Bertz CT molecular complexity index is 5020. The molecule has 7 aromatic carbocycles. The standard InChI is InChI=1S/C18H24F3NO2.C15H19F3O5S.C15H19F3O2.C15H17F3O2.C14H17F3O3.C10H8BrF3O.C7H4BrF3O/c1-12(11-22-8-2-3-9-22)17(23)13-4-7-16(24-14-5-6-14)15(10-13)18(19,20)21;1-9(8-22-24(2,20)21)14(19)10-3-6-13(23-11-4-5-11)12(7-10)15(16,17)18;2*1-3-9(2)14(19)10-4-7-13(20-11-5-6-11)12(8-10)15(16,17)18;1-8(7-18)13(19)9-2-5-12(20-10-3-4-10)11(6-9)14(15,16)17;11-6-1-4-9(15-7-2-3-7)8(5-6)10(12,13)14;8-4-1-2-6(12)5(3-4)7(9,10)11/h4,7,10,12,14,17,23H,2-3,5-6,8-9,11H2,1H3;3,6-7,9,11,14,19H,4-5,8H2,1-2H3;4,7-9,11,14,19H,3,5-6H2,1-2H3;4,7-9,11H,3,5-6H2,1-2H3;2,5-6,8,10,13,18-19H,3-4,7H2,1H3;1,4-5,7H,2-3H2;1-3,12H/t12-,17?;2*9-,14?;9-;8-,13?;;/m11111../s1. The third kappa shape index (κ3) is 36.6. The van der Waals surface area contributed by atoms with Gasteiger partial charge in [-0.25, -0.2) is 0 Å². The molecule has 7 aliphatic rings. The van der Waals surface area contributed by atoms with Gasteiger partial charge in [0.1, 0.15) is 40.2 Å². The van der Waals surface area contributed by atoms with E-state index in [1.807, 2.05) is 27.7 Å². The van der Waals surface area contributed by atoms with Crippen LogP contribution in [0.15, 0.2) is 136 Å². The number of nitrogens with zero attached hydrogens (tertiary/aromatic N) is 1. The maximum atomic E-state index is 13.3. The highest BCUT2D eigenvalue weighted by molar-refractivity contribution is 9.10. The summed E-state index contributed by atoms with van der Waals surface area (Å²) in [4.78, 5) is 14.2. The number of ether oxygens (including phenoxy) is 6. The molecular weight excluding hydrogens is 1990 g/mol. The Morgan fingerprint density at radius 1 is 0.378 bits per heavy atom. The monoisotopic (exact) mass is 2100 g/mol. The van der Waals surface area contributed by atoms with Crippen molar-refractivity contribution in [2.75, 3.05) is 39.1 Å². The van der Waals surface area contributed by atoms with Gasteiger partial charge in [-0.1, -0.05) is 111 Å². The van der Waals surface area contributed by atoms with Crippen LogP contribution in [0.25, 0.3) is 0 Å². The number of ketones is 1. The Hall–Kier alpha value is -8.03. The molecule has 14 rings (SSSR count). The first-order chi connectivity index (χ1) is 62.7. The van der Waals surface area contributed by atoms with Crippen LogP contribution in [0.5, 0.6) is 40.2 Å². The first-order valence-corrected chi connectivity index (χ1v) is 47.0. The highest BCUT2D eigenvalue weighted by atomic mass is 79.9. The molecule has 0 amide bonds. The van der Waals surface area contributed by atoms with Crippen LogP contribution in [0.1, 0.15) is 247 Å². The van der Waals surface area contributed by atoms with E-state index in [0.29, 0.717) is 29.4 Å². The van der Waals surface area contributed by atoms with Crippen LogP contribution in [-0.4, -0.2) is 125 Å². The minimum atomic E-state index is -4.62. The zero-order chi connectivity index (χ0) is 101. The summed E-state index contributed by atoms with van der Waals surface area (Å²) in [5, 5.41) is 58.4. The van der Waals surface area contributed by atoms with Crippen molar-refractivity contribution in [3.05, 3.63) is 203 Å². The topological polar surface area (TPSA) is 240 Å². The Morgan fingerprint density at radius 3 is 0.926 bits per heavy atom. The predicted octanol–water partition coefficient (Wildman–Crippen LogP) is 25.8. The van der Waals surface area contributed by atoms with E-state index >= 15 is 0 Å². The molecule has 0 bridgehead atoms. The third-order valence-corrected chi connectivity index (χ3v) is 23.6. The lowest BCUT2D eigenvalue weighted by Gasteiger charge is -2.25. The van der Waals surface area contributed by atoms with Crippen molar-refractivity contribution in [3.63, 3.8) is 0 Å². The highest BCUT2D eigenvalue weighted by Gasteiger charge is 2.45. The molecule has 17 nitrogen and oxygen atoms in total. The Balaban J connectivity index is 0.000000195. The molecule has 7 fully saturated rings. The number of aliphatic hydroxyl groups excluding tert-OH is 5. The SMILES string of the molecule is CC[C@@H](C)C(=O)c1ccc(OC2CC2)c(C(F)(F)F)c1.CC[C@@H](C)C(O)c1ccc(OC2CC2)c(C(F)(F)F)c1.C[C@H](CN1CCCC1)C(O)c1ccc(OC2CC2)c(C(F)(F)F)c1.C[C@H](CO)C(O)c1ccc(OC2CC2)c(C(F)(F)F)c1.C[C@H](COS(C)(=O)=O)C(O)c1ccc(OC2CC2)c(C(F)(F)F)c1.FC(F)(F)c1cc(Br)ccc1OC1CC1.Oc1ccc(Br)cc1C(F)(F)F. The Labute approximate surface area is 784 Å². The van der Waals surface area contributed by atoms with E-state index in [4.69, 9.17) is 38.6 Å². The van der Waals surface area contributed by atoms with Gasteiger partial charge in [0.2, 0.25) is 0 Å². The number of phenols is 1.